The zero-order valence-corrected chi connectivity index (χ0v) is 14.8. The Morgan fingerprint density at radius 1 is 1.27 bits per heavy atom. The van der Waals surface area contributed by atoms with E-state index in [0.717, 1.165) is 28.1 Å². The Balaban J connectivity index is 2.03. The molecule has 0 bridgehead atoms. The van der Waals surface area contributed by atoms with Gasteiger partial charge in [0.25, 0.3) is 5.91 Å². The smallest absolute Gasteiger partial charge is 0.268 e. The number of thiocarbonyl (C=S) groups is 1. The Morgan fingerprint density at radius 2 is 2.09 bits per heavy atom. The molecule has 0 aliphatic carbocycles. The molecule has 22 heavy (non-hydrogen) atoms. The minimum Gasteiger partial charge on any atom is -0.268 e. The lowest BCUT2D eigenvalue weighted by molar-refractivity contribution is -0.113. The lowest BCUT2D eigenvalue weighted by atomic mass is 10.0. The van der Waals surface area contributed by atoms with E-state index in [4.69, 9.17) is 12.2 Å². The van der Waals surface area contributed by atoms with E-state index in [0.29, 0.717) is 9.23 Å². The van der Waals surface area contributed by atoms with Crippen LogP contribution in [0, 0.1) is 6.92 Å². The van der Waals surface area contributed by atoms with Crippen LogP contribution in [0.3, 0.4) is 0 Å². The molecule has 1 aliphatic rings. The fraction of sp³-hybridized carbons (Fsp3) is 0.176. The van der Waals surface area contributed by atoms with Crippen molar-refractivity contribution in [1.29, 1.82) is 0 Å². The number of benzene rings is 1. The van der Waals surface area contributed by atoms with Crippen molar-refractivity contribution in [1.82, 2.24) is 0 Å². The molecular formula is C17H15NOS3. The quantitative estimate of drug-likeness (QED) is 0.575. The molecule has 5 heteroatoms. The van der Waals surface area contributed by atoms with Crippen molar-refractivity contribution in [3.05, 3.63) is 56.6 Å². The van der Waals surface area contributed by atoms with E-state index in [1.54, 1.807) is 16.2 Å². The third-order valence-electron chi connectivity index (χ3n) is 3.54. The molecule has 2 nitrogen and oxygen atoms in total. The van der Waals surface area contributed by atoms with Crippen molar-refractivity contribution in [3.63, 3.8) is 0 Å². The van der Waals surface area contributed by atoms with E-state index >= 15 is 0 Å². The SMILES string of the molecule is CCc1cccc(C)c1N1C(=O)C(=Cc2cccs2)SC1=S. The summed E-state index contributed by atoms with van der Waals surface area (Å²) in [5.74, 6) is -0.0209. The normalized spacial score (nSPS) is 16.8. The number of carbonyl (C=O) groups is 1. The molecule has 0 unspecified atom stereocenters. The van der Waals surface area contributed by atoms with E-state index in [9.17, 15) is 4.79 Å². The Hall–Kier alpha value is -1.43. The average molecular weight is 346 g/mol. The number of para-hydroxylation sites is 1. The highest BCUT2D eigenvalue weighted by Gasteiger charge is 2.35. The lowest BCUT2D eigenvalue weighted by Gasteiger charge is -2.20. The summed E-state index contributed by atoms with van der Waals surface area (Å²) < 4.78 is 0.608. The average Bonchev–Trinajstić information content (AvgIpc) is 3.09. The molecule has 0 saturated carbocycles. The first-order chi connectivity index (χ1) is 10.6. The molecule has 1 fully saturated rings. The van der Waals surface area contributed by atoms with Crippen molar-refractivity contribution < 1.29 is 4.79 Å². The van der Waals surface area contributed by atoms with Crippen molar-refractivity contribution in [2.45, 2.75) is 20.3 Å². The molecule has 2 aromatic rings. The van der Waals surface area contributed by atoms with Crippen molar-refractivity contribution in [2.75, 3.05) is 4.90 Å². The van der Waals surface area contributed by atoms with Gasteiger partial charge in [-0.25, -0.2) is 0 Å². The van der Waals surface area contributed by atoms with E-state index in [1.165, 1.54) is 11.8 Å². The fourth-order valence-corrected chi connectivity index (χ4v) is 4.48. The predicted octanol–water partition coefficient (Wildman–Crippen LogP) is 5.02. The van der Waals surface area contributed by atoms with Crippen LogP contribution in [-0.4, -0.2) is 10.2 Å². The molecule has 112 valence electrons. The van der Waals surface area contributed by atoms with Gasteiger partial charge in [-0.1, -0.05) is 55.2 Å². The molecule has 1 aromatic carbocycles. The van der Waals surface area contributed by atoms with Crippen LogP contribution in [0.1, 0.15) is 22.9 Å². The molecule has 2 heterocycles. The number of amides is 1. The Morgan fingerprint density at radius 3 is 2.77 bits per heavy atom. The number of carbonyl (C=O) groups excluding carboxylic acids is 1. The van der Waals surface area contributed by atoms with E-state index in [-0.39, 0.29) is 5.91 Å². The molecule has 1 amide bonds. The lowest BCUT2D eigenvalue weighted by Crippen LogP contribution is -2.29. The number of nitrogens with zero attached hydrogens (tertiary/aromatic N) is 1. The summed E-state index contributed by atoms with van der Waals surface area (Å²) in [5.41, 5.74) is 3.17. The molecule has 0 N–H and O–H groups in total. The highest BCUT2D eigenvalue weighted by molar-refractivity contribution is 8.27. The summed E-state index contributed by atoms with van der Waals surface area (Å²) in [6.07, 6.45) is 2.80. The second kappa shape index (κ2) is 6.36. The van der Waals surface area contributed by atoms with Crippen LogP contribution in [-0.2, 0) is 11.2 Å². The van der Waals surface area contributed by atoms with Crippen LogP contribution < -0.4 is 4.90 Å². The van der Waals surface area contributed by atoms with Crippen LogP contribution >= 0.6 is 35.3 Å². The Bertz CT molecular complexity index is 762. The molecule has 1 aromatic heterocycles. The summed E-state index contributed by atoms with van der Waals surface area (Å²) >= 11 is 8.47. The third kappa shape index (κ3) is 2.76. The van der Waals surface area contributed by atoms with Crippen LogP contribution in [0.5, 0.6) is 0 Å². The van der Waals surface area contributed by atoms with Gasteiger partial charge in [-0.3, -0.25) is 9.69 Å². The monoisotopic (exact) mass is 345 g/mol. The Labute approximate surface area is 143 Å². The largest absolute Gasteiger partial charge is 0.270 e. The van der Waals surface area contributed by atoms with Gasteiger partial charge in [-0.05, 0) is 42.0 Å². The molecule has 3 rings (SSSR count). The van der Waals surface area contributed by atoms with Crippen LogP contribution in [0.15, 0.2) is 40.6 Å². The number of thiophene rings is 1. The van der Waals surface area contributed by atoms with Gasteiger partial charge in [0.2, 0.25) is 0 Å². The standard InChI is InChI=1S/C17H15NOS3/c1-3-12-7-4-6-11(2)15(12)18-16(19)14(22-17(18)20)10-13-8-5-9-21-13/h4-10H,3H2,1-2H3. The van der Waals surface area contributed by atoms with Gasteiger partial charge in [0.05, 0.1) is 10.6 Å². The highest BCUT2D eigenvalue weighted by Crippen LogP contribution is 2.39. The van der Waals surface area contributed by atoms with Crippen LogP contribution in [0.2, 0.25) is 0 Å². The maximum atomic E-state index is 12.8. The minimum atomic E-state index is -0.0209. The minimum absolute atomic E-state index is 0.0209. The zero-order chi connectivity index (χ0) is 15.7. The Kier molecular flexibility index (Phi) is 4.47. The summed E-state index contributed by atoms with van der Waals surface area (Å²) in [5, 5.41) is 2.00. The summed E-state index contributed by atoms with van der Waals surface area (Å²) in [6, 6.07) is 10.1. The molecule has 0 atom stereocenters. The number of thioether (sulfide) groups is 1. The zero-order valence-electron chi connectivity index (χ0n) is 12.3. The predicted molar refractivity (Wildman–Crippen MR) is 101 cm³/mol. The number of hydrogen-bond acceptors (Lipinski definition) is 4. The van der Waals surface area contributed by atoms with Gasteiger partial charge in [-0.15, -0.1) is 11.3 Å². The molecule has 0 radical (unpaired) electrons. The van der Waals surface area contributed by atoms with Gasteiger partial charge in [0.1, 0.15) is 0 Å². The maximum absolute atomic E-state index is 12.8. The molecule has 1 aliphatic heterocycles. The highest BCUT2D eigenvalue weighted by atomic mass is 32.2. The number of rotatable bonds is 3. The van der Waals surface area contributed by atoms with Crippen LogP contribution in [0.25, 0.3) is 6.08 Å². The second-order valence-electron chi connectivity index (χ2n) is 4.97. The van der Waals surface area contributed by atoms with Crippen molar-refractivity contribution in [2.24, 2.45) is 0 Å². The van der Waals surface area contributed by atoms with Crippen molar-refractivity contribution >= 4 is 57.3 Å². The third-order valence-corrected chi connectivity index (χ3v) is 5.66. The summed E-state index contributed by atoms with van der Waals surface area (Å²) in [4.78, 5) is 16.3. The second-order valence-corrected chi connectivity index (χ2v) is 7.62. The topological polar surface area (TPSA) is 20.3 Å². The first kappa shape index (κ1) is 15.5. The van der Waals surface area contributed by atoms with Crippen molar-refractivity contribution in [3.8, 4) is 0 Å². The maximum Gasteiger partial charge on any atom is 0.270 e. The molecular weight excluding hydrogens is 330 g/mol. The van der Waals surface area contributed by atoms with Gasteiger partial charge in [0.15, 0.2) is 4.32 Å². The number of anilines is 1. The summed E-state index contributed by atoms with van der Waals surface area (Å²) in [6.45, 7) is 4.12. The van der Waals surface area contributed by atoms with Gasteiger partial charge in [0, 0.05) is 4.88 Å². The molecule has 0 spiro atoms. The van der Waals surface area contributed by atoms with Crippen LogP contribution in [0.4, 0.5) is 5.69 Å². The van der Waals surface area contributed by atoms with Gasteiger partial charge in [-0.2, -0.15) is 0 Å². The summed E-state index contributed by atoms with van der Waals surface area (Å²) in [7, 11) is 0. The van der Waals surface area contributed by atoms with Gasteiger partial charge < -0.3 is 0 Å². The van der Waals surface area contributed by atoms with E-state index in [1.807, 2.05) is 42.6 Å². The first-order valence-corrected chi connectivity index (χ1v) is 9.12. The van der Waals surface area contributed by atoms with Gasteiger partial charge >= 0.3 is 0 Å². The first-order valence-electron chi connectivity index (χ1n) is 7.01. The number of aryl methyl sites for hydroxylation is 2. The van der Waals surface area contributed by atoms with E-state index < -0.39 is 0 Å². The van der Waals surface area contributed by atoms with E-state index in [2.05, 4.69) is 13.0 Å². The number of hydrogen-bond donors (Lipinski definition) is 0. The fourth-order valence-electron chi connectivity index (χ4n) is 2.49. The molecule has 1 saturated heterocycles.